The van der Waals surface area contributed by atoms with Crippen molar-refractivity contribution >= 4 is 0 Å². The smallest absolute Gasteiger partial charge is 0.152 e. The Labute approximate surface area is 148 Å². The van der Waals surface area contributed by atoms with Gasteiger partial charge in [0, 0.05) is 18.4 Å². The maximum atomic E-state index is 9.36. The van der Waals surface area contributed by atoms with Gasteiger partial charge in [-0.15, -0.1) is 0 Å². The van der Waals surface area contributed by atoms with E-state index in [4.69, 9.17) is 5.73 Å². The van der Waals surface area contributed by atoms with Crippen LogP contribution < -0.4 is 5.73 Å². The van der Waals surface area contributed by atoms with Gasteiger partial charge < -0.3 is 15.9 Å². The molecule has 0 radical (unpaired) electrons. The first-order valence-electron chi connectivity index (χ1n) is 9.81. The van der Waals surface area contributed by atoms with E-state index in [1.807, 2.05) is 30.3 Å². The van der Waals surface area contributed by atoms with Gasteiger partial charge in [0.25, 0.3) is 0 Å². The van der Waals surface area contributed by atoms with Gasteiger partial charge in [-0.2, -0.15) is 0 Å². The Balaban J connectivity index is 2.24. The van der Waals surface area contributed by atoms with E-state index in [2.05, 4.69) is 6.92 Å². The fourth-order valence-electron chi connectivity index (χ4n) is 3.38. The van der Waals surface area contributed by atoms with Crippen LogP contribution in [0.15, 0.2) is 30.3 Å². The standard InChI is InChI=1S/C21H37NO2/c1-2-3-4-5-6-7-8-9-13-16-20(22)19(17-21(23)24)18-14-11-10-12-15-18/h10-12,14-15,19-21,23-24H,2-9,13,16-17,22H2,1H3. The topological polar surface area (TPSA) is 66.5 Å². The molecule has 0 aliphatic rings. The van der Waals surface area contributed by atoms with Crippen LogP contribution in [0.3, 0.4) is 0 Å². The van der Waals surface area contributed by atoms with Gasteiger partial charge in [-0.3, -0.25) is 0 Å². The second-order valence-electron chi connectivity index (χ2n) is 7.01. The first-order chi connectivity index (χ1) is 11.6. The van der Waals surface area contributed by atoms with E-state index in [0.29, 0.717) is 6.42 Å². The highest BCUT2D eigenvalue weighted by Gasteiger charge is 2.21. The van der Waals surface area contributed by atoms with E-state index >= 15 is 0 Å². The molecule has 24 heavy (non-hydrogen) atoms. The summed E-state index contributed by atoms with van der Waals surface area (Å²) in [6.45, 7) is 2.25. The summed E-state index contributed by atoms with van der Waals surface area (Å²) in [5.41, 5.74) is 7.48. The van der Waals surface area contributed by atoms with Crippen LogP contribution in [0, 0.1) is 0 Å². The van der Waals surface area contributed by atoms with Gasteiger partial charge in [-0.25, -0.2) is 0 Å². The predicted octanol–water partition coefficient (Wildman–Crippen LogP) is 4.72. The molecule has 0 spiro atoms. The van der Waals surface area contributed by atoms with Crippen LogP contribution in [0.2, 0.25) is 0 Å². The fourth-order valence-corrected chi connectivity index (χ4v) is 3.38. The molecule has 3 nitrogen and oxygen atoms in total. The molecule has 0 aliphatic heterocycles. The molecular weight excluding hydrogens is 298 g/mol. The molecule has 0 bridgehead atoms. The van der Waals surface area contributed by atoms with E-state index in [1.54, 1.807) is 0 Å². The van der Waals surface area contributed by atoms with Crippen molar-refractivity contribution in [3.8, 4) is 0 Å². The zero-order valence-electron chi connectivity index (χ0n) is 15.4. The quantitative estimate of drug-likeness (QED) is 0.340. The number of unbranched alkanes of at least 4 members (excludes halogenated alkanes) is 8. The van der Waals surface area contributed by atoms with Crippen molar-refractivity contribution < 1.29 is 10.2 Å². The summed E-state index contributed by atoms with van der Waals surface area (Å²) >= 11 is 0. The zero-order chi connectivity index (χ0) is 17.6. The molecule has 4 N–H and O–H groups in total. The molecule has 0 amide bonds. The van der Waals surface area contributed by atoms with Crippen molar-refractivity contribution in [3.63, 3.8) is 0 Å². The number of rotatable bonds is 14. The van der Waals surface area contributed by atoms with Gasteiger partial charge in [0.15, 0.2) is 6.29 Å². The van der Waals surface area contributed by atoms with Crippen LogP contribution in [0.5, 0.6) is 0 Å². The zero-order valence-corrected chi connectivity index (χ0v) is 15.4. The monoisotopic (exact) mass is 335 g/mol. The first-order valence-corrected chi connectivity index (χ1v) is 9.81. The van der Waals surface area contributed by atoms with Crippen LogP contribution in [-0.4, -0.2) is 22.5 Å². The molecule has 138 valence electrons. The number of benzene rings is 1. The number of aliphatic hydroxyl groups excluding tert-OH is 1. The maximum absolute atomic E-state index is 9.36. The lowest BCUT2D eigenvalue weighted by molar-refractivity contribution is -0.0514. The number of hydrogen-bond acceptors (Lipinski definition) is 3. The van der Waals surface area contributed by atoms with Gasteiger partial charge >= 0.3 is 0 Å². The first kappa shape index (κ1) is 21.1. The van der Waals surface area contributed by atoms with Crippen LogP contribution in [0.4, 0.5) is 0 Å². The molecule has 0 aromatic heterocycles. The minimum Gasteiger partial charge on any atom is -0.368 e. The lowest BCUT2D eigenvalue weighted by atomic mass is 9.86. The molecule has 0 saturated heterocycles. The third-order valence-electron chi connectivity index (χ3n) is 4.85. The van der Waals surface area contributed by atoms with Crippen molar-refractivity contribution in [3.05, 3.63) is 35.9 Å². The van der Waals surface area contributed by atoms with E-state index in [0.717, 1.165) is 18.4 Å². The second-order valence-corrected chi connectivity index (χ2v) is 7.01. The highest BCUT2D eigenvalue weighted by molar-refractivity contribution is 5.21. The lowest BCUT2D eigenvalue weighted by Crippen LogP contribution is -2.31. The minimum absolute atomic E-state index is 0.0141. The summed E-state index contributed by atoms with van der Waals surface area (Å²) in [7, 11) is 0. The van der Waals surface area contributed by atoms with Gasteiger partial charge in [0.05, 0.1) is 0 Å². The molecule has 0 saturated carbocycles. The predicted molar refractivity (Wildman–Crippen MR) is 102 cm³/mol. The van der Waals surface area contributed by atoms with Crippen molar-refractivity contribution in [2.24, 2.45) is 5.73 Å². The average Bonchev–Trinajstić information content (AvgIpc) is 2.58. The normalized spacial score (nSPS) is 14.0. The van der Waals surface area contributed by atoms with Gasteiger partial charge in [0.1, 0.15) is 0 Å². The van der Waals surface area contributed by atoms with Gasteiger partial charge in [-0.05, 0) is 12.0 Å². The molecule has 1 aromatic carbocycles. The summed E-state index contributed by atoms with van der Waals surface area (Å²) < 4.78 is 0. The van der Waals surface area contributed by atoms with Crippen molar-refractivity contribution in [2.45, 2.75) is 95.8 Å². The third-order valence-corrected chi connectivity index (χ3v) is 4.85. The van der Waals surface area contributed by atoms with E-state index < -0.39 is 6.29 Å². The van der Waals surface area contributed by atoms with Crippen LogP contribution in [-0.2, 0) is 0 Å². The molecule has 2 unspecified atom stereocenters. The molecule has 1 aromatic rings. The number of nitrogens with two attached hydrogens (primary N) is 1. The summed E-state index contributed by atoms with van der Waals surface area (Å²) in [4.78, 5) is 0. The number of aliphatic hydroxyl groups is 2. The minimum atomic E-state index is -1.30. The third kappa shape index (κ3) is 9.41. The molecule has 2 atom stereocenters. The van der Waals surface area contributed by atoms with Crippen LogP contribution in [0.25, 0.3) is 0 Å². The van der Waals surface area contributed by atoms with Gasteiger partial charge in [-0.1, -0.05) is 95.0 Å². The van der Waals surface area contributed by atoms with Crippen molar-refractivity contribution in [2.75, 3.05) is 0 Å². The Morgan fingerprint density at radius 3 is 1.92 bits per heavy atom. The molecule has 0 heterocycles. The van der Waals surface area contributed by atoms with Crippen molar-refractivity contribution in [1.29, 1.82) is 0 Å². The Morgan fingerprint density at radius 2 is 1.38 bits per heavy atom. The van der Waals surface area contributed by atoms with E-state index in [9.17, 15) is 10.2 Å². The molecule has 3 heteroatoms. The Bertz CT molecular complexity index is 394. The Morgan fingerprint density at radius 1 is 0.833 bits per heavy atom. The van der Waals surface area contributed by atoms with Crippen LogP contribution >= 0.6 is 0 Å². The molecular formula is C21H37NO2. The van der Waals surface area contributed by atoms with E-state index in [1.165, 1.54) is 51.4 Å². The highest BCUT2D eigenvalue weighted by Crippen LogP contribution is 2.26. The molecule has 1 rings (SSSR count). The van der Waals surface area contributed by atoms with Gasteiger partial charge in [0.2, 0.25) is 0 Å². The van der Waals surface area contributed by atoms with Crippen molar-refractivity contribution in [1.82, 2.24) is 0 Å². The summed E-state index contributed by atoms with van der Waals surface area (Å²) in [6, 6.07) is 9.99. The molecule has 0 fully saturated rings. The highest BCUT2D eigenvalue weighted by atomic mass is 16.5. The Kier molecular flexibility index (Phi) is 11.8. The average molecular weight is 336 g/mol. The van der Waals surface area contributed by atoms with E-state index in [-0.39, 0.29) is 12.0 Å². The summed E-state index contributed by atoms with van der Waals surface area (Å²) in [5, 5.41) is 18.7. The number of hydrogen-bond donors (Lipinski definition) is 3. The Hall–Kier alpha value is -0.900. The largest absolute Gasteiger partial charge is 0.368 e. The maximum Gasteiger partial charge on any atom is 0.152 e. The van der Waals surface area contributed by atoms with Crippen LogP contribution in [0.1, 0.15) is 89.0 Å². The SMILES string of the molecule is CCCCCCCCCCCC(N)C(CC(O)O)c1ccccc1. The lowest BCUT2D eigenvalue weighted by Gasteiger charge is -2.25. The second kappa shape index (κ2) is 13.4. The fraction of sp³-hybridized carbons (Fsp3) is 0.714. The summed E-state index contributed by atoms with van der Waals surface area (Å²) in [5.74, 6) is 0.0141. The summed E-state index contributed by atoms with van der Waals surface area (Å²) in [6.07, 6.45) is 11.7. The molecule has 0 aliphatic carbocycles.